The summed E-state index contributed by atoms with van der Waals surface area (Å²) in [5, 5.41) is 37.3. The molecule has 3 unspecified atom stereocenters. The molecule has 1 aliphatic rings. The fourth-order valence-corrected chi connectivity index (χ4v) is 5.73. The summed E-state index contributed by atoms with van der Waals surface area (Å²) in [4.78, 5) is 33.6. The molecule has 9 nitrogen and oxygen atoms in total. The number of fused-ring (bicyclic) bond motifs is 1. The standard InChI is InChI=1S/C15H19NO2.2C13H19NO2/c1-10(2)16-14(9-15(17)18)13-8-7-11-5-3-4-6-12(11)13;1-9(2)14-13(10(3)15)8-11-4-6-12(16)7-5-11;1-9(2)14-13(8-10(3)15)11-4-6-12(16)7-5-11/h3-6,8,10,14,16H,7,9H2,1-2H3,(H,17,18);2*4-7,9,13-14,16H,8H2,1-3H3. The maximum Gasteiger partial charge on any atom is 0.305 e. The number of carboxylic acids is 1. The number of benzene rings is 3. The van der Waals surface area contributed by atoms with Crippen molar-refractivity contribution < 1.29 is 29.7 Å². The summed E-state index contributed by atoms with van der Waals surface area (Å²) in [7, 11) is 0. The van der Waals surface area contributed by atoms with Crippen LogP contribution in [-0.4, -0.2) is 63.1 Å². The molecule has 0 heterocycles. The van der Waals surface area contributed by atoms with Gasteiger partial charge >= 0.3 is 5.97 Å². The van der Waals surface area contributed by atoms with Crippen molar-refractivity contribution in [3.8, 4) is 11.5 Å². The van der Waals surface area contributed by atoms with E-state index in [-0.39, 0.29) is 59.7 Å². The van der Waals surface area contributed by atoms with Crippen LogP contribution in [-0.2, 0) is 27.2 Å². The van der Waals surface area contributed by atoms with E-state index in [9.17, 15) is 19.5 Å². The van der Waals surface area contributed by atoms with E-state index in [0.717, 1.165) is 23.1 Å². The zero-order chi connectivity index (χ0) is 37.4. The van der Waals surface area contributed by atoms with E-state index in [1.807, 2.05) is 77.9 Å². The summed E-state index contributed by atoms with van der Waals surface area (Å²) in [5.41, 5.74) is 5.68. The smallest absolute Gasteiger partial charge is 0.305 e. The highest BCUT2D eigenvalue weighted by molar-refractivity contribution is 5.82. The molecule has 0 aliphatic heterocycles. The Morgan fingerprint density at radius 1 is 0.680 bits per heavy atom. The van der Waals surface area contributed by atoms with Crippen LogP contribution in [0.15, 0.2) is 78.9 Å². The van der Waals surface area contributed by atoms with Gasteiger partial charge in [-0.3, -0.25) is 14.4 Å². The second-order valence-electron chi connectivity index (χ2n) is 13.7. The summed E-state index contributed by atoms with van der Waals surface area (Å²) < 4.78 is 0. The summed E-state index contributed by atoms with van der Waals surface area (Å²) in [6.45, 7) is 15.4. The number of hydrogen-bond acceptors (Lipinski definition) is 8. The molecule has 9 heteroatoms. The Hall–Kier alpha value is -4.31. The molecule has 6 N–H and O–H groups in total. The molecule has 50 heavy (non-hydrogen) atoms. The van der Waals surface area contributed by atoms with E-state index in [2.05, 4.69) is 34.2 Å². The van der Waals surface area contributed by atoms with Crippen LogP contribution in [0.5, 0.6) is 11.5 Å². The van der Waals surface area contributed by atoms with Gasteiger partial charge < -0.3 is 31.3 Å². The molecule has 0 bridgehead atoms. The largest absolute Gasteiger partial charge is 0.508 e. The van der Waals surface area contributed by atoms with Crippen molar-refractivity contribution in [3.63, 3.8) is 0 Å². The summed E-state index contributed by atoms with van der Waals surface area (Å²) in [6, 6.07) is 22.8. The number of phenolic OH excluding ortho intramolecular Hbond substituents is 2. The first-order valence-corrected chi connectivity index (χ1v) is 17.4. The molecule has 0 radical (unpaired) electrons. The summed E-state index contributed by atoms with van der Waals surface area (Å²) >= 11 is 0. The monoisotopic (exact) mass is 687 g/mol. The zero-order valence-electron chi connectivity index (χ0n) is 30.9. The van der Waals surface area contributed by atoms with Gasteiger partial charge in [-0.25, -0.2) is 0 Å². The lowest BCUT2D eigenvalue weighted by atomic mass is 9.97. The highest BCUT2D eigenvalue weighted by Crippen LogP contribution is 2.31. The molecular weight excluding hydrogens is 630 g/mol. The number of carbonyl (C=O) groups is 3. The van der Waals surface area contributed by atoms with Gasteiger partial charge in [-0.2, -0.15) is 0 Å². The predicted molar refractivity (Wildman–Crippen MR) is 201 cm³/mol. The second kappa shape index (κ2) is 21.0. The number of carboxylic acid groups (broad SMARTS) is 1. The molecule has 0 fully saturated rings. The van der Waals surface area contributed by atoms with Crippen molar-refractivity contribution in [2.45, 2.75) is 117 Å². The first-order chi connectivity index (χ1) is 23.5. The van der Waals surface area contributed by atoms with Crippen LogP contribution in [0.3, 0.4) is 0 Å². The molecule has 272 valence electrons. The maximum atomic E-state index is 11.4. The maximum absolute atomic E-state index is 11.4. The Balaban J connectivity index is 0.000000261. The Bertz CT molecular complexity index is 1530. The Kier molecular flexibility index (Phi) is 17.6. The SMILES string of the molecule is CC(=O)C(Cc1ccc(O)cc1)NC(C)C.CC(=O)CC(NC(C)C)c1ccc(O)cc1.CC(C)NC(CC(=O)O)C1=CCc2ccccc21. The topological polar surface area (TPSA) is 148 Å². The van der Waals surface area contributed by atoms with Gasteiger partial charge in [0.05, 0.1) is 12.5 Å². The predicted octanol–water partition coefficient (Wildman–Crippen LogP) is 6.77. The van der Waals surface area contributed by atoms with Gasteiger partial charge in [-0.05, 0) is 78.8 Å². The normalized spacial score (nSPS) is 13.7. The van der Waals surface area contributed by atoms with Crippen molar-refractivity contribution in [1.82, 2.24) is 16.0 Å². The Morgan fingerprint density at radius 3 is 1.70 bits per heavy atom. The number of nitrogens with one attached hydrogen (secondary N) is 3. The van der Waals surface area contributed by atoms with Crippen molar-refractivity contribution in [2.75, 3.05) is 0 Å². The van der Waals surface area contributed by atoms with Crippen LogP contribution in [0.25, 0.3) is 5.57 Å². The highest BCUT2D eigenvalue weighted by atomic mass is 16.4. The minimum Gasteiger partial charge on any atom is -0.508 e. The lowest BCUT2D eigenvalue weighted by Crippen LogP contribution is -2.41. The van der Waals surface area contributed by atoms with Crippen LogP contribution < -0.4 is 16.0 Å². The van der Waals surface area contributed by atoms with Gasteiger partial charge in [0.1, 0.15) is 23.1 Å². The van der Waals surface area contributed by atoms with Crippen LogP contribution in [0, 0.1) is 0 Å². The number of ketones is 2. The van der Waals surface area contributed by atoms with Gasteiger partial charge in [0.25, 0.3) is 0 Å². The van der Waals surface area contributed by atoms with Crippen molar-refractivity contribution in [3.05, 3.63) is 101 Å². The number of phenols is 2. The zero-order valence-corrected chi connectivity index (χ0v) is 30.9. The number of rotatable bonds is 15. The van der Waals surface area contributed by atoms with E-state index in [0.29, 0.717) is 18.9 Å². The number of aliphatic carboxylic acids is 1. The Morgan fingerprint density at radius 2 is 1.20 bits per heavy atom. The van der Waals surface area contributed by atoms with Crippen molar-refractivity contribution in [1.29, 1.82) is 0 Å². The minimum atomic E-state index is -0.765. The minimum absolute atomic E-state index is 0.0260. The quantitative estimate of drug-likeness (QED) is 0.102. The number of aromatic hydroxyl groups is 2. The average molecular weight is 688 g/mol. The van der Waals surface area contributed by atoms with Gasteiger partial charge in [0.15, 0.2) is 0 Å². The lowest BCUT2D eigenvalue weighted by Gasteiger charge is -2.22. The molecule has 3 aromatic carbocycles. The van der Waals surface area contributed by atoms with Gasteiger partial charge in [0.2, 0.25) is 0 Å². The van der Waals surface area contributed by atoms with Crippen LogP contribution >= 0.6 is 0 Å². The molecule has 1 aliphatic carbocycles. The van der Waals surface area contributed by atoms with Crippen molar-refractivity contribution in [2.24, 2.45) is 0 Å². The van der Waals surface area contributed by atoms with E-state index in [4.69, 9.17) is 10.2 Å². The first kappa shape index (κ1) is 41.9. The number of carbonyl (C=O) groups excluding carboxylic acids is 2. The molecule has 0 saturated heterocycles. The highest BCUT2D eigenvalue weighted by Gasteiger charge is 2.24. The number of allylic oxidation sites excluding steroid dienone is 1. The van der Waals surface area contributed by atoms with Crippen LogP contribution in [0.4, 0.5) is 0 Å². The Labute approximate surface area is 298 Å². The molecular formula is C41H57N3O6. The molecule has 3 atom stereocenters. The van der Waals surface area contributed by atoms with Gasteiger partial charge in [0, 0.05) is 36.6 Å². The summed E-state index contributed by atoms with van der Waals surface area (Å²) in [5.74, 6) is 0.0289. The van der Waals surface area contributed by atoms with Crippen LogP contribution in [0.1, 0.15) is 96.5 Å². The molecule has 0 saturated carbocycles. The molecule has 0 spiro atoms. The third-order valence-corrected chi connectivity index (χ3v) is 7.88. The fourth-order valence-electron chi connectivity index (χ4n) is 5.73. The van der Waals surface area contributed by atoms with Crippen molar-refractivity contribution >= 4 is 23.1 Å². The van der Waals surface area contributed by atoms with E-state index >= 15 is 0 Å². The fraction of sp³-hybridized carbons (Fsp3) is 0.439. The van der Waals surface area contributed by atoms with E-state index < -0.39 is 5.97 Å². The van der Waals surface area contributed by atoms with E-state index in [1.165, 1.54) is 11.1 Å². The second-order valence-corrected chi connectivity index (χ2v) is 13.7. The number of Topliss-reactive ketones (excluding diaryl/α,β-unsaturated/α-hetero) is 2. The molecule has 0 aromatic heterocycles. The third-order valence-electron chi connectivity index (χ3n) is 7.88. The molecule has 0 amide bonds. The first-order valence-electron chi connectivity index (χ1n) is 17.4. The van der Waals surface area contributed by atoms with Gasteiger partial charge in [-0.15, -0.1) is 0 Å². The molecule has 3 aromatic rings. The van der Waals surface area contributed by atoms with Gasteiger partial charge in [-0.1, -0.05) is 96.1 Å². The summed E-state index contributed by atoms with van der Waals surface area (Å²) in [6.07, 6.45) is 4.31. The third kappa shape index (κ3) is 15.5. The number of hydrogen-bond donors (Lipinski definition) is 6. The average Bonchev–Trinajstić information content (AvgIpc) is 3.45. The molecule has 4 rings (SSSR count). The lowest BCUT2D eigenvalue weighted by molar-refractivity contribution is -0.137. The van der Waals surface area contributed by atoms with Crippen LogP contribution in [0.2, 0.25) is 0 Å². The van der Waals surface area contributed by atoms with E-state index in [1.54, 1.807) is 38.1 Å².